The van der Waals surface area contributed by atoms with E-state index >= 15 is 0 Å². The van der Waals surface area contributed by atoms with Gasteiger partial charge in [-0.3, -0.25) is 0 Å². The molecular formula is C22H27ClN4O3Si. The largest absolute Gasteiger partial charge is 0.478 e. The molecule has 2 aromatic heterocycles. The number of carboxylic acids is 1. The summed E-state index contributed by atoms with van der Waals surface area (Å²) in [6, 6.07) is 9.72. The topological polar surface area (TPSA) is 103 Å². The van der Waals surface area contributed by atoms with Crippen LogP contribution in [0.25, 0.3) is 22.6 Å². The average Bonchev–Trinajstić information content (AvgIpc) is 3.06. The molecule has 0 aliphatic rings. The van der Waals surface area contributed by atoms with Crippen LogP contribution in [-0.2, 0) is 11.5 Å². The van der Waals surface area contributed by atoms with Gasteiger partial charge in [0.2, 0.25) is 5.95 Å². The molecule has 0 saturated carbocycles. The van der Waals surface area contributed by atoms with Gasteiger partial charge in [-0.15, -0.1) is 0 Å². The van der Waals surface area contributed by atoms with Crippen LogP contribution in [0.4, 0.5) is 5.95 Å². The number of ether oxygens (including phenoxy) is 1. The first-order chi connectivity index (χ1) is 14.6. The van der Waals surface area contributed by atoms with Crippen LogP contribution >= 0.6 is 11.6 Å². The highest BCUT2D eigenvalue weighted by Crippen LogP contribution is 2.35. The number of nitrogens with zero attached hydrogens (tertiary/aromatic N) is 3. The molecule has 3 rings (SSSR count). The van der Waals surface area contributed by atoms with Crippen molar-refractivity contribution in [3.63, 3.8) is 0 Å². The first-order valence-electron chi connectivity index (χ1n) is 9.97. The van der Waals surface area contributed by atoms with E-state index in [-0.39, 0.29) is 18.2 Å². The van der Waals surface area contributed by atoms with E-state index in [4.69, 9.17) is 22.1 Å². The summed E-state index contributed by atoms with van der Waals surface area (Å²) in [6.07, 6.45) is 1.55. The third kappa shape index (κ3) is 5.52. The number of hydrogen-bond donors (Lipinski definition) is 2. The van der Waals surface area contributed by atoms with E-state index in [0.29, 0.717) is 28.7 Å². The Morgan fingerprint density at radius 3 is 2.65 bits per heavy atom. The van der Waals surface area contributed by atoms with Gasteiger partial charge in [-0.25, -0.2) is 14.8 Å². The fourth-order valence-electron chi connectivity index (χ4n) is 3.25. The number of rotatable bonds is 8. The van der Waals surface area contributed by atoms with Crippen molar-refractivity contribution < 1.29 is 14.6 Å². The maximum atomic E-state index is 12.2. The fraction of sp³-hybridized carbons (Fsp3) is 0.318. The van der Waals surface area contributed by atoms with Crippen molar-refractivity contribution in [1.29, 1.82) is 0 Å². The number of hydrogen-bond acceptors (Lipinski definition) is 5. The molecule has 0 unspecified atom stereocenters. The minimum Gasteiger partial charge on any atom is -0.478 e. The Morgan fingerprint density at radius 2 is 2.00 bits per heavy atom. The molecule has 0 atom stereocenters. The van der Waals surface area contributed by atoms with Gasteiger partial charge in [0.15, 0.2) is 0 Å². The molecular weight excluding hydrogens is 432 g/mol. The van der Waals surface area contributed by atoms with Crippen LogP contribution in [0.3, 0.4) is 0 Å². The lowest BCUT2D eigenvalue weighted by molar-refractivity contribution is 0.0696. The zero-order valence-electron chi connectivity index (χ0n) is 18.1. The standard InChI is InChI=1S/C22H27ClN4O3Si/c1-14-5-6-15(23)11-16(14)20-17(21(28)29)12-19(18-7-8-25-22(24)26-18)27(20)13-30-9-10-31(2,3)4/h5-8,11-12H,9-10,13H2,1-4H3,(H,28,29)(H2,24,25,26). The lowest BCUT2D eigenvalue weighted by Crippen LogP contribution is -2.22. The third-order valence-electron chi connectivity index (χ3n) is 4.94. The molecule has 0 aliphatic carbocycles. The number of aryl methyl sites for hydroxylation is 1. The SMILES string of the molecule is Cc1ccc(Cl)cc1-c1c(C(=O)O)cc(-c2ccnc(N)n2)n1COCC[Si](C)(C)C. The van der Waals surface area contributed by atoms with Gasteiger partial charge in [-0.05, 0) is 42.8 Å². The second-order valence-electron chi connectivity index (χ2n) is 8.63. The van der Waals surface area contributed by atoms with Crippen LogP contribution in [-0.4, -0.2) is 40.3 Å². The Bertz CT molecular complexity index is 1110. The Morgan fingerprint density at radius 1 is 1.26 bits per heavy atom. The Labute approximate surface area is 187 Å². The molecule has 31 heavy (non-hydrogen) atoms. The van der Waals surface area contributed by atoms with Crippen molar-refractivity contribution in [2.45, 2.75) is 39.3 Å². The van der Waals surface area contributed by atoms with Crippen molar-refractivity contribution in [3.8, 4) is 22.6 Å². The molecule has 3 aromatic rings. The number of carboxylic acid groups (broad SMARTS) is 1. The summed E-state index contributed by atoms with van der Waals surface area (Å²) in [5.74, 6) is -0.930. The number of aromatic nitrogens is 3. The van der Waals surface area contributed by atoms with Gasteiger partial charge >= 0.3 is 5.97 Å². The Hall–Kier alpha value is -2.68. The molecule has 2 heterocycles. The van der Waals surface area contributed by atoms with E-state index in [1.807, 2.05) is 17.6 Å². The number of nitrogens with two attached hydrogens (primary N) is 1. The van der Waals surface area contributed by atoms with E-state index in [2.05, 4.69) is 29.6 Å². The minimum atomic E-state index is -1.27. The van der Waals surface area contributed by atoms with Gasteiger partial charge in [0.1, 0.15) is 6.73 Å². The number of carbonyl (C=O) groups is 1. The Kier molecular flexibility index (Phi) is 6.83. The number of aromatic carboxylic acids is 1. The maximum Gasteiger partial charge on any atom is 0.337 e. The average molecular weight is 459 g/mol. The highest BCUT2D eigenvalue weighted by molar-refractivity contribution is 6.76. The molecule has 3 N–H and O–H groups in total. The van der Waals surface area contributed by atoms with E-state index in [0.717, 1.165) is 17.2 Å². The number of anilines is 1. The van der Waals surface area contributed by atoms with Gasteiger partial charge in [0.05, 0.1) is 22.6 Å². The second-order valence-corrected chi connectivity index (χ2v) is 14.7. The monoisotopic (exact) mass is 458 g/mol. The summed E-state index contributed by atoms with van der Waals surface area (Å²) >= 11 is 6.25. The van der Waals surface area contributed by atoms with Gasteiger partial charge in [0, 0.05) is 31.5 Å². The summed E-state index contributed by atoms with van der Waals surface area (Å²) in [6.45, 7) is 9.54. The van der Waals surface area contributed by atoms with E-state index < -0.39 is 14.0 Å². The summed E-state index contributed by atoms with van der Waals surface area (Å²) in [5, 5.41) is 10.5. The van der Waals surface area contributed by atoms with Crippen LogP contribution in [0.15, 0.2) is 36.5 Å². The molecule has 164 valence electrons. The first kappa shape index (κ1) is 23.0. The summed E-state index contributed by atoms with van der Waals surface area (Å²) in [5.41, 5.74) is 9.20. The highest BCUT2D eigenvalue weighted by Gasteiger charge is 2.24. The molecule has 0 amide bonds. The van der Waals surface area contributed by atoms with Gasteiger partial charge in [0.25, 0.3) is 0 Å². The van der Waals surface area contributed by atoms with Gasteiger partial charge in [-0.1, -0.05) is 37.3 Å². The molecule has 9 heteroatoms. The summed E-state index contributed by atoms with van der Waals surface area (Å²) in [4.78, 5) is 20.4. The molecule has 0 saturated heterocycles. The molecule has 0 bridgehead atoms. The number of benzene rings is 1. The molecule has 7 nitrogen and oxygen atoms in total. The van der Waals surface area contributed by atoms with Gasteiger partial charge in [-0.2, -0.15) is 0 Å². The normalized spacial score (nSPS) is 11.6. The smallest absolute Gasteiger partial charge is 0.337 e. The molecule has 1 aromatic carbocycles. The van der Waals surface area contributed by atoms with Crippen LogP contribution in [0.1, 0.15) is 15.9 Å². The molecule has 0 fully saturated rings. The molecule has 0 aliphatic heterocycles. The van der Waals surface area contributed by atoms with Crippen molar-refractivity contribution in [1.82, 2.24) is 14.5 Å². The maximum absolute atomic E-state index is 12.2. The van der Waals surface area contributed by atoms with Crippen molar-refractivity contribution in [3.05, 3.63) is 52.7 Å². The fourth-order valence-corrected chi connectivity index (χ4v) is 4.18. The Balaban J connectivity index is 2.17. The third-order valence-corrected chi connectivity index (χ3v) is 6.87. The van der Waals surface area contributed by atoms with Crippen molar-refractivity contribution in [2.24, 2.45) is 0 Å². The van der Waals surface area contributed by atoms with Gasteiger partial charge < -0.3 is 20.1 Å². The van der Waals surface area contributed by atoms with Crippen LogP contribution in [0.2, 0.25) is 30.7 Å². The van der Waals surface area contributed by atoms with E-state index in [1.165, 1.54) is 0 Å². The number of halogens is 1. The predicted molar refractivity (Wildman–Crippen MR) is 126 cm³/mol. The van der Waals surface area contributed by atoms with Crippen molar-refractivity contribution in [2.75, 3.05) is 12.3 Å². The number of nitrogen functional groups attached to an aromatic ring is 1. The van der Waals surface area contributed by atoms with Crippen molar-refractivity contribution >= 4 is 31.6 Å². The zero-order chi connectivity index (χ0) is 22.8. The zero-order valence-corrected chi connectivity index (χ0v) is 19.9. The highest BCUT2D eigenvalue weighted by atomic mass is 35.5. The molecule has 0 radical (unpaired) electrons. The van der Waals surface area contributed by atoms with E-state index in [1.54, 1.807) is 30.5 Å². The van der Waals surface area contributed by atoms with E-state index in [9.17, 15) is 9.90 Å². The lowest BCUT2D eigenvalue weighted by atomic mass is 10.0. The lowest BCUT2D eigenvalue weighted by Gasteiger charge is -2.19. The summed E-state index contributed by atoms with van der Waals surface area (Å²) in [7, 11) is -1.27. The van der Waals surface area contributed by atoms with Crippen LogP contribution < -0.4 is 5.73 Å². The first-order valence-corrected chi connectivity index (χ1v) is 14.1. The summed E-state index contributed by atoms with van der Waals surface area (Å²) < 4.78 is 7.84. The molecule has 0 spiro atoms. The quantitative estimate of drug-likeness (QED) is 0.356. The second kappa shape index (κ2) is 9.21. The van der Waals surface area contributed by atoms with Crippen LogP contribution in [0.5, 0.6) is 0 Å². The minimum absolute atomic E-state index is 0.113. The predicted octanol–water partition coefficient (Wildman–Crippen LogP) is 5.17. The van der Waals surface area contributed by atoms with Crippen LogP contribution in [0, 0.1) is 6.92 Å².